The van der Waals surface area contributed by atoms with Crippen molar-refractivity contribution in [3.63, 3.8) is 0 Å². The summed E-state index contributed by atoms with van der Waals surface area (Å²) in [5.74, 6) is 1.62. The Morgan fingerprint density at radius 3 is 2.90 bits per heavy atom. The van der Waals surface area contributed by atoms with Crippen molar-refractivity contribution >= 4 is 22.1 Å². The van der Waals surface area contributed by atoms with Gasteiger partial charge in [0.1, 0.15) is 23.5 Å². The predicted molar refractivity (Wildman–Crippen MR) is 108 cm³/mol. The molecule has 0 aromatic carbocycles. The number of aliphatic hydroxyl groups is 1. The van der Waals surface area contributed by atoms with Crippen molar-refractivity contribution in [2.75, 3.05) is 19.6 Å². The first-order valence-electron chi connectivity index (χ1n) is 10.3. The van der Waals surface area contributed by atoms with E-state index in [0.29, 0.717) is 30.4 Å². The maximum Gasteiger partial charge on any atom is 0.389 e. The second kappa shape index (κ2) is 7.69. The van der Waals surface area contributed by atoms with Gasteiger partial charge in [-0.25, -0.2) is 9.97 Å². The van der Waals surface area contributed by atoms with Crippen LogP contribution in [0.1, 0.15) is 31.1 Å². The minimum Gasteiger partial charge on any atom is -0.455 e. The summed E-state index contributed by atoms with van der Waals surface area (Å²) in [4.78, 5) is 14.4. The molecule has 10 heteroatoms. The second-order valence-electron chi connectivity index (χ2n) is 7.92. The highest BCUT2D eigenvalue weighted by atomic mass is 19.4. The lowest BCUT2D eigenvalue weighted by Crippen LogP contribution is -2.24. The number of likely N-dealkylation sites (tertiary alicyclic amines) is 1. The number of fused-ring (bicyclic) bond motifs is 3. The van der Waals surface area contributed by atoms with Gasteiger partial charge in [0.05, 0.1) is 11.7 Å². The first-order chi connectivity index (χ1) is 14.9. The molecule has 31 heavy (non-hydrogen) atoms. The van der Waals surface area contributed by atoms with Gasteiger partial charge in [-0.1, -0.05) is 0 Å². The highest BCUT2D eigenvalue weighted by Gasteiger charge is 2.31. The van der Waals surface area contributed by atoms with Gasteiger partial charge in [0.15, 0.2) is 11.6 Å². The molecule has 0 saturated carbocycles. The molecular formula is C21H22F3N5O2. The van der Waals surface area contributed by atoms with Crippen LogP contribution in [-0.4, -0.2) is 55.3 Å². The molecule has 4 aromatic rings. The van der Waals surface area contributed by atoms with E-state index in [1.54, 1.807) is 18.3 Å². The number of aliphatic hydroxyl groups excluding tert-OH is 1. The summed E-state index contributed by atoms with van der Waals surface area (Å²) in [7, 11) is 0. The number of halogens is 3. The summed E-state index contributed by atoms with van der Waals surface area (Å²) >= 11 is 0. The summed E-state index contributed by atoms with van der Waals surface area (Å²) in [6.45, 7) is 1.57. The Bertz CT molecular complexity index is 1210. The number of alkyl halides is 3. The van der Waals surface area contributed by atoms with E-state index in [1.807, 2.05) is 12.3 Å². The first-order valence-corrected chi connectivity index (χ1v) is 10.3. The van der Waals surface area contributed by atoms with Crippen LogP contribution in [0.2, 0.25) is 0 Å². The van der Waals surface area contributed by atoms with Crippen molar-refractivity contribution < 1.29 is 22.7 Å². The quantitative estimate of drug-likeness (QED) is 0.475. The van der Waals surface area contributed by atoms with E-state index in [9.17, 15) is 18.3 Å². The number of H-pyrrole nitrogens is 1. The number of aromatic amines is 1. The molecule has 2 N–H and O–H groups in total. The van der Waals surface area contributed by atoms with E-state index in [2.05, 4.69) is 19.4 Å². The van der Waals surface area contributed by atoms with Gasteiger partial charge in [-0.2, -0.15) is 13.2 Å². The third-order valence-corrected chi connectivity index (χ3v) is 5.82. The van der Waals surface area contributed by atoms with Gasteiger partial charge in [-0.3, -0.25) is 0 Å². The Kier molecular flexibility index (Phi) is 4.98. The molecule has 5 heterocycles. The third kappa shape index (κ3) is 3.81. The van der Waals surface area contributed by atoms with Crippen molar-refractivity contribution in [1.29, 1.82) is 0 Å². The molecule has 7 nitrogen and oxygen atoms in total. The topological polar surface area (TPSA) is 83.1 Å². The Balaban J connectivity index is 1.52. The lowest BCUT2D eigenvalue weighted by atomic mass is 10.2. The number of imidazole rings is 1. The van der Waals surface area contributed by atoms with Crippen molar-refractivity contribution in [2.45, 2.75) is 38.1 Å². The van der Waals surface area contributed by atoms with Crippen LogP contribution in [0.5, 0.6) is 0 Å². The second-order valence-corrected chi connectivity index (χ2v) is 7.92. The molecule has 1 aliphatic heterocycles. The van der Waals surface area contributed by atoms with E-state index < -0.39 is 12.6 Å². The molecule has 1 saturated heterocycles. The van der Waals surface area contributed by atoms with Crippen LogP contribution in [0.4, 0.5) is 13.2 Å². The van der Waals surface area contributed by atoms with Crippen molar-refractivity contribution in [2.24, 2.45) is 0 Å². The third-order valence-electron chi connectivity index (χ3n) is 5.82. The fourth-order valence-corrected chi connectivity index (χ4v) is 4.43. The number of hydrogen-bond donors (Lipinski definition) is 2. The summed E-state index contributed by atoms with van der Waals surface area (Å²) in [6, 6.07) is 5.47. The number of hydrogen-bond acceptors (Lipinski definition) is 5. The number of pyridine rings is 1. The molecule has 1 atom stereocenters. The number of rotatable bonds is 6. The zero-order valence-electron chi connectivity index (χ0n) is 16.7. The molecule has 0 aliphatic carbocycles. The van der Waals surface area contributed by atoms with Gasteiger partial charge in [0, 0.05) is 37.1 Å². The van der Waals surface area contributed by atoms with E-state index in [0.717, 1.165) is 35.0 Å². The van der Waals surface area contributed by atoms with Gasteiger partial charge in [0.25, 0.3) is 0 Å². The Morgan fingerprint density at radius 2 is 2.13 bits per heavy atom. The Morgan fingerprint density at radius 1 is 1.26 bits per heavy atom. The van der Waals surface area contributed by atoms with Crippen molar-refractivity contribution in [1.82, 2.24) is 24.4 Å². The largest absolute Gasteiger partial charge is 0.455 e. The molecule has 4 aromatic heterocycles. The molecule has 0 spiro atoms. The molecule has 1 unspecified atom stereocenters. The lowest BCUT2D eigenvalue weighted by molar-refractivity contribution is -0.136. The maximum absolute atomic E-state index is 12.5. The Hall–Kier alpha value is -2.85. The SMILES string of the molecule is OCc1ccc(-c2nc3cnc4[nH]ccc4c3n2C2CCN(CCCC(F)(F)F)C2)o1. The van der Waals surface area contributed by atoms with E-state index >= 15 is 0 Å². The first kappa shape index (κ1) is 20.1. The number of nitrogens with zero attached hydrogens (tertiary/aromatic N) is 4. The minimum atomic E-state index is -4.12. The summed E-state index contributed by atoms with van der Waals surface area (Å²) in [6.07, 6.45) is -0.462. The van der Waals surface area contributed by atoms with Gasteiger partial charge in [-0.05, 0) is 37.6 Å². The monoisotopic (exact) mass is 433 g/mol. The van der Waals surface area contributed by atoms with Crippen LogP contribution in [0.15, 0.2) is 35.0 Å². The van der Waals surface area contributed by atoms with Crippen LogP contribution in [0, 0.1) is 0 Å². The lowest BCUT2D eigenvalue weighted by Gasteiger charge is -2.19. The predicted octanol–water partition coefficient (Wildman–Crippen LogP) is 4.25. The smallest absolute Gasteiger partial charge is 0.389 e. The van der Waals surface area contributed by atoms with Crippen molar-refractivity contribution in [3.05, 3.63) is 36.4 Å². The Labute approximate surface area is 175 Å². The fraction of sp³-hybridized carbons (Fsp3) is 0.429. The molecule has 0 amide bonds. The molecule has 1 aliphatic rings. The highest BCUT2D eigenvalue weighted by Crippen LogP contribution is 2.36. The maximum atomic E-state index is 12.5. The van der Waals surface area contributed by atoms with Gasteiger partial charge in [0.2, 0.25) is 0 Å². The fourth-order valence-electron chi connectivity index (χ4n) is 4.43. The number of aromatic nitrogens is 4. The van der Waals surface area contributed by atoms with Gasteiger partial charge in [-0.15, -0.1) is 0 Å². The van der Waals surface area contributed by atoms with Crippen LogP contribution in [0.3, 0.4) is 0 Å². The summed E-state index contributed by atoms with van der Waals surface area (Å²) in [5, 5.41) is 10.3. The summed E-state index contributed by atoms with van der Waals surface area (Å²) in [5.41, 5.74) is 2.39. The van der Waals surface area contributed by atoms with Gasteiger partial charge < -0.3 is 24.0 Å². The van der Waals surface area contributed by atoms with E-state index in [1.165, 1.54) is 0 Å². The highest BCUT2D eigenvalue weighted by molar-refractivity contribution is 6.02. The van der Waals surface area contributed by atoms with Gasteiger partial charge >= 0.3 is 6.18 Å². The van der Waals surface area contributed by atoms with E-state index in [4.69, 9.17) is 9.40 Å². The van der Waals surface area contributed by atoms with Crippen LogP contribution >= 0.6 is 0 Å². The normalized spacial score (nSPS) is 18.0. The average molecular weight is 433 g/mol. The number of furan rings is 1. The molecule has 164 valence electrons. The zero-order chi connectivity index (χ0) is 21.6. The van der Waals surface area contributed by atoms with Crippen molar-refractivity contribution in [3.8, 4) is 11.6 Å². The number of nitrogens with one attached hydrogen (secondary N) is 1. The molecular weight excluding hydrogens is 411 g/mol. The molecule has 0 radical (unpaired) electrons. The average Bonchev–Trinajstić information content (AvgIpc) is 3.49. The van der Waals surface area contributed by atoms with E-state index in [-0.39, 0.29) is 19.1 Å². The van der Waals surface area contributed by atoms with Crippen LogP contribution < -0.4 is 0 Å². The molecule has 1 fully saturated rings. The molecule has 5 rings (SSSR count). The zero-order valence-corrected chi connectivity index (χ0v) is 16.7. The standard InChI is InChI=1S/C21H22F3N5O2/c22-21(23,24)6-1-8-28-9-5-13(11-28)29-18-15-4-7-25-19(15)26-10-16(18)27-20(29)17-3-2-14(12-30)31-17/h2-4,7,10,13,30H,1,5-6,8-9,11-12H2,(H,25,26). The molecule has 0 bridgehead atoms. The minimum absolute atomic E-state index is 0.0362. The summed E-state index contributed by atoms with van der Waals surface area (Å²) < 4.78 is 45.5. The van der Waals surface area contributed by atoms with Crippen LogP contribution in [0.25, 0.3) is 33.7 Å². The van der Waals surface area contributed by atoms with Crippen LogP contribution in [-0.2, 0) is 6.61 Å².